The first kappa shape index (κ1) is 12.5. The maximum Gasteiger partial charge on any atom is 0.347 e. The van der Waals surface area contributed by atoms with Crippen LogP contribution in [0.4, 0.5) is 5.69 Å². The molecule has 1 aliphatic rings. The van der Waals surface area contributed by atoms with Crippen molar-refractivity contribution in [1.29, 1.82) is 0 Å². The molecular weight excluding hydrogens is 288 g/mol. The number of nitrogens with zero attached hydrogens (tertiary/aromatic N) is 2. The lowest BCUT2D eigenvalue weighted by molar-refractivity contribution is -0.384. The molecule has 0 bridgehead atoms. The number of aryl methyl sites for hydroxylation is 1. The zero-order valence-corrected chi connectivity index (χ0v) is 11.3. The SMILES string of the molecule is Cn1c2ccc([N+](=O)[O-])cc2c2c3c(ccc21)C(=O)OC3=O. The molecule has 1 aliphatic heterocycles. The van der Waals surface area contributed by atoms with Crippen LogP contribution in [-0.2, 0) is 11.8 Å². The summed E-state index contributed by atoms with van der Waals surface area (Å²) in [6.07, 6.45) is 0. The predicted molar refractivity (Wildman–Crippen MR) is 76.8 cm³/mol. The Morgan fingerprint density at radius 1 is 1.09 bits per heavy atom. The standard InChI is InChI=1S/C15H8N2O5/c1-16-10-4-2-7(17(20)21)6-9(10)12-11(16)5-3-8-13(12)15(19)22-14(8)18/h2-6H,1H3. The molecule has 1 aromatic heterocycles. The number of esters is 2. The number of hydrogen-bond acceptors (Lipinski definition) is 5. The largest absolute Gasteiger partial charge is 0.386 e. The lowest BCUT2D eigenvalue weighted by atomic mass is 10.0. The molecule has 0 radical (unpaired) electrons. The molecule has 2 heterocycles. The van der Waals surface area contributed by atoms with Gasteiger partial charge in [0, 0.05) is 41.0 Å². The number of hydrogen-bond donors (Lipinski definition) is 0. The van der Waals surface area contributed by atoms with E-state index in [9.17, 15) is 19.7 Å². The summed E-state index contributed by atoms with van der Waals surface area (Å²) in [5, 5.41) is 12.1. The quantitative estimate of drug-likeness (QED) is 0.298. The molecule has 0 saturated carbocycles. The van der Waals surface area contributed by atoms with E-state index >= 15 is 0 Å². The van der Waals surface area contributed by atoms with Crippen LogP contribution in [0.1, 0.15) is 20.7 Å². The van der Waals surface area contributed by atoms with Crippen molar-refractivity contribution in [2.75, 3.05) is 0 Å². The summed E-state index contributed by atoms with van der Waals surface area (Å²) in [5.74, 6) is -1.41. The Bertz CT molecular complexity index is 1030. The zero-order chi connectivity index (χ0) is 15.6. The highest BCUT2D eigenvalue weighted by atomic mass is 16.6. The van der Waals surface area contributed by atoms with Crippen LogP contribution in [0.3, 0.4) is 0 Å². The average Bonchev–Trinajstić information content (AvgIpc) is 2.94. The maximum absolute atomic E-state index is 12.0. The molecule has 108 valence electrons. The number of cyclic esters (lactones) is 2. The topological polar surface area (TPSA) is 91.4 Å². The van der Waals surface area contributed by atoms with Crippen molar-refractivity contribution in [3.8, 4) is 0 Å². The minimum atomic E-state index is -0.718. The van der Waals surface area contributed by atoms with Gasteiger partial charge in [-0.05, 0) is 18.2 Å². The van der Waals surface area contributed by atoms with Crippen molar-refractivity contribution >= 4 is 39.4 Å². The van der Waals surface area contributed by atoms with Crippen LogP contribution in [0.25, 0.3) is 21.8 Å². The van der Waals surface area contributed by atoms with Crippen molar-refractivity contribution in [1.82, 2.24) is 4.57 Å². The molecule has 3 aromatic rings. The van der Waals surface area contributed by atoms with Crippen LogP contribution in [0.2, 0.25) is 0 Å². The van der Waals surface area contributed by atoms with Gasteiger partial charge >= 0.3 is 11.9 Å². The van der Waals surface area contributed by atoms with Gasteiger partial charge in [-0.3, -0.25) is 10.1 Å². The number of benzene rings is 2. The number of ether oxygens (including phenoxy) is 1. The van der Waals surface area contributed by atoms with Crippen LogP contribution in [0, 0.1) is 10.1 Å². The van der Waals surface area contributed by atoms with Gasteiger partial charge in [-0.25, -0.2) is 9.59 Å². The Kier molecular flexibility index (Phi) is 2.22. The van der Waals surface area contributed by atoms with Gasteiger partial charge < -0.3 is 9.30 Å². The molecule has 0 aliphatic carbocycles. The molecule has 0 saturated heterocycles. The molecular formula is C15H8N2O5. The van der Waals surface area contributed by atoms with Crippen molar-refractivity contribution in [2.24, 2.45) is 7.05 Å². The summed E-state index contributed by atoms with van der Waals surface area (Å²) in [7, 11) is 1.80. The van der Waals surface area contributed by atoms with Gasteiger partial charge in [-0.1, -0.05) is 0 Å². The summed E-state index contributed by atoms with van der Waals surface area (Å²) in [4.78, 5) is 34.2. The Morgan fingerprint density at radius 3 is 2.55 bits per heavy atom. The lowest BCUT2D eigenvalue weighted by Gasteiger charge is -1.98. The molecule has 0 N–H and O–H groups in total. The van der Waals surface area contributed by atoms with Gasteiger partial charge in [0.25, 0.3) is 5.69 Å². The van der Waals surface area contributed by atoms with E-state index in [1.54, 1.807) is 19.2 Å². The molecule has 0 spiro atoms. The van der Waals surface area contributed by atoms with Crippen molar-refractivity contribution in [3.63, 3.8) is 0 Å². The van der Waals surface area contributed by atoms with E-state index in [1.165, 1.54) is 18.2 Å². The van der Waals surface area contributed by atoms with E-state index in [-0.39, 0.29) is 16.8 Å². The van der Waals surface area contributed by atoms with Gasteiger partial charge in [0.15, 0.2) is 0 Å². The number of rotatable bonds is 1. The van der Waals surface area contributed by atoms with Crippen LogP contribution < -0.4 is 0 Å². The third-order valence-electron chi connectivity index (χ3n) is 3.98. The number of fused-ring (bicyclic) bond motifs is 5. The first-order valence-electron chi connectivity index (χ1n) is 6.45. The van der Waals surface area contributed by atoms with E-state index in [1.807, 2.05) is 4.57 Å². The second kappa shape index (κ2) is 3.91. The van der Waals surface area contributed by atoms with E-state index < -0.39 is 16.9 Å². The van der Waals surface area contributed by atoms with E-state index in [0.29, 0.717) is 16.3 Å². The number of nitro groups is 1. The van der Waals surface area contributed by atoms with Gasteiger partial charge in [0.1, 0.15) is 0 Å². The van der Waals surface area contributed by atoms with Crippen molar-refractivity contribution in [3.05, 3.63) is 51.6 Å². The van der Waals surface area contributed by atoms with E-state index in [0.717, 1.165) is 5.52 Å². The molecule has 7 heteroatoms. The highest BCUT2D eigenvalue weighted by molar-refractivity contribution is 6.26. The molecule has 4 rings (SSSR count). The minimum absolute atomic E-state index is 0.0738. The van der Waals surface area contributed by atoms with Gasteiger partial charge in [0.05, 0.1) is 16.1 Å². The molecule has 0 unspecified atom stereocenters. The fourth-order valence-electron chi connectivity index (χ4n) is 2.98. The summed E-state index contributed by atoms with van der Waals surface area (Å²) in [6.45, 7) is 0. The average molecular weight is 296 g/mol. The van der Waals surface area contributed by atoms with Crippen LogP contribution in [-0.4, -0.2) is 21.4 Å². The highest BCUT2D eigenvalue weighted by Gasteiger charge is 2.33. The lowest BCUT2D eigenvalue weighted by Crippen LogP contribution is -1.97. The van der Waals surface area contributed by atoms with Crippen LogP contribution in [0.5, 0.6) is 0 Å². The highest BCUT2D eigenvalue weighted by Crippen LogP contribution is 2.37. The Labute approximate surface area is 122 Å². The normalized spacial score (nSPS) is 13.7. The molecule has 7 nitrogen and oxygen atoms in total. The second-order valence-corrected chi connectivity index (χ2v) is 5.08. The monoisotopic (exact) mass is 296 g/mol. The molecule has 2 aromatic carbocycles. The fourth-order valence-corrected chi connectivity index (χ4v) is 2.98. The van der Waals surface area contributed by atoms with Crippen LogP contribution >= 0.6 is 0 Å². The van der Waals surface area contributed by atoms with Crippen molar-refractivity contribution < 1.29 is 19.2 Å². The summed E-state index contributed by atoms with van der Waals surface area (Å²) in [5.41, 5.74) is 1.74. The third kappa shape index (κ3) is 1.39. The predicted octanol–water partition coefficient (Wildman–Crippen LogP) is 2.55. The van der Waals surface area contributed by atoms with E-state index in [4.69, 9.17) is 0 Å². The van der Waals surface area contributed by atoms with Gasteiger partial charge in [-0.2, -0.15) is 0 Å². The first-order valence-corrected chi connectivity index (χ1v) is 6.45. The molecule has 0 fully saturated rings. The number of carbonyl (C=O) groups excluding carboxylic acids is 2. The van der Waals surface area contributed by atoms with Crippen molar-refractivity contribution in [2.45, 2.75) is 0 Å². The number of aromatic nitrogens is 1. The molecule has 0 amide bonds. The zero-order valence-electron chi connectivity index (χ0n) is 11.3. The number of carbonyl (C=O) groups is 2. The van der Waals surface area contributed by atoms with E-state index in [2.05, 4.69) is 4.74 Å². The third-order valence-corrected chi connectivity index (χ3v) is 3.98. The smallest absolute Gasteiger partial charge is 0.347 e. The second-order valence-electron chi connectivity index (χ2n) is 5.08. The Morgan fingerprint density at radius 2 is 1.82 bits per heavy atom. The number of nitro benzene ring substituents is 1. The summed E-state index contributed by atoms with van der Waals surface area (Å²) >= 11 is 0. The summed E-state index contributed by atoms with van der Waals surface area (Å²) in [6, 6.07) is 7.69. The molecule has 22 heavy (non-hydrogen) atoms. The first-order chi connectivity index (χ1) is 10.5. The maximum atomic E-state index is 12.0. The van der Waals surface area contributed by atoms with Gasteiger partial charge in [-0.15, -0.1) is 0 Å². The fraction of sp³-hybridized carbons (Fsp3) is 0.0667. The minimum Gasteiger partial charge on any atom is -0.386 e. The summed E-state index contributed by atoms with van der Waals surface area (Å²) < 4.78 is 6.48. The van der Waals surface area contributed by atoms with Crippen LogP contribution in [0.15, 0.2) is 30.3 Å². The number of non-ortho nitro benzene ring substituents is 1. The molecule has 0 atom stereocenters. The van der Waals surface area contributed by atoms with Gasteiger partial charge in [0.2, 0.25) is 0 Å². The Hall–Kier alpha value is -3.22. The Balaban J connectivity index is 2.25.